The summed E-state index contributed by atoms with van der Waals surface area (Å²) in [5, 5.41) is 10.5. The van der Waals surface area contributed by atoms with Crippen LogP contribution >= 0.6 is 11.3 Å². The lowest BCUT2D eigenvalue weighted by atomic mass is 10.2. The number of amides is 1. The van der Waals surface area contributed by atoms with Crippen LogP contribution < -0.4 is 0 Å². The van der Waals surface area contributed by atoms with E-state index in [4.69, 9.17) is 5.26 Å². The molecule has 4 heteroatoms. The van der Waals surface area contributed by atoms with Crippen LogP contribution in [0.15, 0.2) is 11.4 Å². The van der Waals surface area contributed by atoms with Gasteiger partial charge in [0.25, 0.3) is 5.91 Å². The molecule has 0 atom stereocenters. The van der Waals surface area contributed by atoms with E-state index >= 15 is 0 Å². The van der Waals surface area contributed by atoms with Crippen LogP contribution in [-0.4, -0.2) is 23.9 Å². The van der Waals surface area contributed by atoms with E-state index < -0.39 is 0 Å². The van der Waals surface area contributed by atoms with Crippen LogP contribution in [0.4, 0.5) is 0 Å². The Kier molecular flexibility index (Phi) is 2.03. The molecule has 2 heterocycles. The molecular formula is C9H8N2OS. The first-order valence-electron chi connectivity index (χ1n) is 4.10. The number of rotatable bonds is 1. The van der Waals surface area contributed by atoms with Gasteiger partial charge in [-0.05, 0) is 17.9 Å². The molecule has 0 aliphatic carbocycles. The molecule has 2 rings (SSSR count). The quantitative estimate of drug-likeness (QED) is 0.676. The Balaban J connectivity index is 2.24. The second kappa shape index (κ2) is 3.19. The summed E-state index contributed by atoms with van der Waals surface area (Å²) in [5.74, 6) is 0.0119. The van der Waals surface area contributed by atoms with Crippen molar-refractivity contribution < 1.29 is 4.79 Å². The normalized spacial score (nSPS) is 14.8. The van der Waals surface area contributed by atoms with Crippen LogP contribution in [0.25, 0.3) is 0 Å². The predicted octanol–water partition coefficient (Wildman–Crippen LogP) is 1.47. The average molecular weight is 192 g/mol. The third-order valence-corrected chi connectivity index (χ3v) is 3.03. The fourth-order valence-corrected chi connectivity index (χ4v) is 2.04. The zero-order valence-corrected chi connectivity index (χ0v) is 7.80. The lowest BCUT2D eigenvalue weighted by Crippen LogP contribution is -2.41. The molecule has 66 valence electrons. The van der Waals surface area contributed by atoms with Gasteiger partial charge in [-0.15, -0.1) is 11.3 Å². The molecule has 0 aromatic carbocycles. The predicted molar refractivity (Wildman–Crippen MR) is 49.6 cm³/mol. The van der Waals surface area contributed by atoms with Gasteiger partial charge < -0.3 is 4.90 Å². The van der Waals surface area contributed by atoms with E-state index in [-0.39, 0.29) is 5.91 Å². The second-order valence-corrected chi connectivity index (χ2v) is 3.84. The maximum Gasteiger partial charge on any atom is 0.265 e. The average Bonchev–Trinajstić information content (AvgIpc) is 2.47. The van der Waals surface area contributed by atoms with E-state index in [2.05, 4.69) is 0 Å². The fraction of sp³-hybridized carbons (Fsp3) is 0.333. The molecule has 1 fully saturated rings. The van der Waals surface area contributed by atoms with Gasteiger partial charge >= 0.3 is 0 Å². The van der Waals surface area contributed by atoms with Gasteiger partial charge in [0, 0.05) is 13.1 Å². The van der Waals surface area contributed by atoms with Crippen molar-refractivity contribution in [3.05, 3.63) is 21.9 Å². The topological polar surface area (TPSA) is 44.1 Å². The maximum atomic E-state index is 11.7. The van der Waals surface area contributed by atoms with Gasteiger partial charge in [-0.25, -0.2) is 0 Å². The molecule has 0 unspecified atom stereocenters. The van der Waals surface area contributed by atoms with Crippen LogP contribution in [0.2, 0.25) is 0 Å². The van der Waals surface area contributed by atoms with Crippen LogP contribution in [-0.2, 0) is 0 Å². The monoisotopic (exact) mass is 192 g/mol. The first-order valence-corrected chi connectivity index (χ1v) is 4.98. The van der Waals surface area contributed by atoms with E-state index in [1.165, 1.54) is 11.3 Å². The zero-order chi connectivity index (χ0) is 9.26. The second-order valence-electron chi connectivity index (χ2n) is 2.92. The van der Waals surface area contributed by atoms with Crippen molar-refractivity contribution in [2.24, 2.45) is 0 Å². The molecule has 13 heavy (non-hydrogen) atoms. The van der Waals surface area contributed by atoms with Crippen LogP contribution in [0.1, 0.15) is 21.7 Å². The minimum atomic E-state index is 0.0119. The molecule has 1 aliphatic heterocycles. The van der Waals surface area contributed by atoms with Gasteiger partial charge in [0.2, 0.25) is 0 Å². The number of nitrogens with zero attached hydrogens (tertiary/aromatic N) is 2. The molecule has 1 aromatic heterocycles. The summed E-state index contributed by atoms with van der Waals surface area (Å²) in [6, 6.07) is 3.71. The fourth-order valence-electron chi connectivity index (χ4n) is 1.23. The number of thiophene rings is 1. The Bertz CT molecular complexity index is 373. The standard InChI is InChI=1S/C9H8N2OS/c10-6-7-2-5-13-8(7)9(12)11-3-1-4-11/h2,5H,1,3-4H2. The number of carbonyl (C=O) groups excluding carboxylic acids is 1. The third kappa shape index (κ3) is 1.31. The van der Waals surface area contributed by atoms with Crippen LogP contribution in [0, 0.1) is 11.3 Å². The Hall–Kier alpha value is -1.34. The van der Waals surface area contributed by atoms with Crippen molar-refractivity contribution in [2.75, 3.05) is 13.1 Å². The molecule has 0 bridgehead atoms. The highest BCUT2D eigenvalue weighted by atomic mass is 32.1. The molecule has 0 saturated carbocycles. The number of hydrogen-bond acceptors (Lipinski definition) is 3. The lowest BCUT2D eigenvalue weighted by molar-refractivity contribution is 0.0656. The Labute approximate surface area is 80.2 Å². The molecule has 1 aliphatic rings. The number of carbonyl (C=O) groups is 1. The lowest BCUT2D eigenvalue weighted by Gasteiger charge is -2.30. The largest absolute Gasteiger partial charge is 0.338 e. The summed E-state index contributed by atoms with van der Waals surface area (Å²) in [6.45, 7) is 1.67. The number of likely N-dealkylation sites (tertiary alicyclic amines) is 1. The summed E-state index contributed by atoms with van der Waals surface area (Å²) < 4.78 is 0. The van der Waals surface area contributed by atoms with Gasteiger partial charge in [-0.3, -0.25) is 4.79 Å². The van der Waals surface area contributed by atoms with Crippen molar-refractivity contribution in [2.45, 2.75) is 6.42 Å². The summed E-state index contributed by atoms with van der Waals surface area (Å²) in [7, 11) is 0. The van der Waals surface area contributed by atoms with E-state index in [0.717, 1.165) is 19.5 Å². The first-order chi connectivity index (χ1) is 6.33. The van der Waals surface area contributed by atoms with Gasteiger partial charge in [-0.1, -0.05) is 0 Å². The molecule has 0 spiro atoms. The highest BCUT2D eigenvalue weighted by Gasteiger charge is 2.24. The summed E-state index contributed by atoms with van der Waals surface area (Å²) >= 11 is 1.35. The van der Waals surface area contributed by atoms with E-state index in [1.807, 2.05) is 6.07 Å². The van der Waals surface area contributed by atoms with Gasteiger partial charge in [-0.2, -0.15) is 5.26 Å². The van der Waals surface area contributed by atoms with Gasteiger partial charge in [0.15, 0.2) is 0 Å². The van der Waals surface area contributed by atoms with Gasteiger partial charge in [0.1, 0.15) is 10.9 Å². The van der Waals surface area contributed by atoms with Crippen LogP contribution in [0.5, 0.6) is 0 Å². The highest BCUT2D eigenvalue weighted by molar-refractivity contribution is 7.12. The molecule has 1 saturated heterocycles. The summed E-state index contributed by atoms with van der Waals surface area (Å²) in [6.07, 6.45) is 1.08. The minimum Gasteiger partial charge on any atom is -0.338 e. The van der Waals surface area contributed by atoms with E-state index in [9.17, 15) is 4.79 Å². The summed E-state index contributed by atoms with van der Waals surface area (Å²) in [4.78, 5) is 14.0. The Morgan fingerprint density at radius 3 is 2.92 bits per heavy atom. The van der Waals surface area contributed by atoms with E-state index in [1.54, 1.807) is 16.3 Å². The SMILES string of the molecule is N#Cc1ccsc1C(=O)N1CCC1. The molecule has 3 nitrogen and oxygen atoms in total. The van der Waals surface area contributed by atoms with E-state index in [0.29, 0.717) is 10.4 Å². The number of nitriles is 1. The first kappa shape index (κ1) is 8.27. The maximum absolute atomic E-state index is 11.7. The highest BCUT2D eigenvalue weighted by Crippen LogP contribution is 2.20. The Morgan fingerprint density at radius 1 is 1.62 bits per heavy atom. The van der Waals surface area contributed by atoms with Crippen molar-refractivity contribution in [1.82, 2.24) is 4.90 Å². The van der Waals surface area contributed by atoms with Crippen molar-refractivity contribution in [3.63, 3.8) is 0 Å². The summed E-state index contributed by atoms with van der Waals surface area (Å²) in [5.41, 5.74) is 0.502. The van der Waals surface area contributed by atoms with Gasteiger partial charge in [0.05, 0.1) is 5.56 Å². The number of hydrogen-bond donors (Lipinski definition) is 0. The zero-order valence-electron chi connectivity index (χ0n) is 6.99. The molecule has 1 amide bonds. The van der Waals surface area contributed by atoms with Crippen molar-refractivity contribution >= 4 is 17.2 Å². The third-order valence-electron chi connectivity index (χ3n) is 2.12. The molecule has 0 radical (unpaired) electrons. The van der Waals surface area contributed by atoms with Crippen molar-refractivity contribution in [1.29, 1.82) is 5.26 Å². The van der Waals surface area contributed by atoms with Crippen LogP contribution in [0.3, 0.4) is 0 Å². The molecule has 0 N–H and O–H groups in total. The Morgan fingerprint density at radius 2 is 2.38 bits per heavy atom. The molecule has 1 aromatic rings. The van der Waals surface area contributed by atoms with Crippen molar-refractivity contribution in [3.8, 4) is 6.07 Å². The molecular weight excluding hydrogens is 184 g/mol. The minimum absolute atomic E-state index is 0.0119. The smallest absolute Gasteiger partial charge is 0.265 e.